The summed E-state index contributed by atoms with van der Waals surface area (Å²) in [5.41, 5.74) is 1.64. The van der Waals surface area contributed by atoms with Gasteiger partial charge in [-0.05, 0) is 24.3 Å². The summed E-state index contributed by atoms with van der Waals surface area (Å²) in [6.45, 7) is -0.0440. The number of ether oxygens (including phenoxy) is 2. The number of aromatic amines is 1. The molecule has 0 spiro atoms. The molecule has 6 heteroatoms. The van der Waals surface area contributed by atoms with Crippen molar-refractivity contribution < 1.29 is 19.1 Å². The maximum Gasteiger partial charge on any atom is 0.380 e. The number of Topliss-reactive ketones (excluding diaryl/α,β-unsaturated/α-hetero) is 1. The lowest BCUT2D eigenvalue weighted by molar-refractivity contribution is -0.139. The molecule has 1 heterocycles. The van der Waals surface area contributed by atoms with Gasteiger partial charge in [0, 0.05) is 27.7 Å². The van der Waals surface area contributed by atoms with Crippen molar-refractivity contribution in [1.29, 1.82) is 0 Å². The third kappa shape index (κ3) is 3.12. The second kappa shape index (κ2) is 6.76. The van der Waals surface area contributed by atoms with E-state index in [1.165, 1.54) is 13.3 Å². The molecule has 5 nitrogen and oxygen atoms in total. The van der Waals surface area contributed by atoms with E-state index in [4.69, 9.17) is 21.1 Å². The van der Waals surface area contributed by atoms with E-state index in [9.17, 15) is 9.59 Å². The summed E-state index contributed by atoms with van der Waals surface area (Å²) in [7, 11) is 1.53. The molecule has 3 rings (SSSR count). The number of para-hydroxylation sites is 1. The van der Waals surface area contributed by atoms with Crippen LogP contribution in [0.15, 0.2) is 48.7 Å². The molecule has 1 N–H and O–H groups in total. The second-order valence-corrected chi connectivity index (χ2v) is 5.55. The Balaban J connectivity index is 1.77. The molecule has 0 fully saturated rings. The smallest absolute Gasteiger partial charge is 0.380 e. The summed E-state index contributed by atoms with van der Waals surface area (Å²) in [5.74, 6) is -1.06. The van der Waals surface area contributed by atoms with Gasteiger partial charge in [0.05, 0.1) is 12.7 Å². The van der Waals surface area contributed by atoms with Crippen molar-refractivity contribution in [3.63, 3.8) is 0 Å². The quantitative estimate of drug-likeness (QED) is 0.435. The van der Waals surface area contributed by atoms with Crippen molar-refractivity contribution in [1.82, 2.24) is 4.98 Å². The monoisotopic (exact) mass is 343 g/mol. The van der Waals surface area contributed by atoms with Crippen LogP contribution in [-0.4, -0.2) is 23.8 Å². The van der Waals surface area contributed by atoms with Crippen LogP contribution in [0.5, 0.6) is 5.75 Å². The molecule has 0 radical (unpaired) electrons. The summed E-state index contributed by atoms with van der Waals surface area (Å²) in [5, 5.41) is 1.07. The van der Waals surface area contributed by atoms with Gasteiger partial charge in [-0.1, -0.05) is 29.8 Å². The van der Waals surface area contributed by atoms with E-state index in [0.717, 1.165) is 5.52 Å². The fourth-order valence-electron chi connectivity index (χ4n) is 2.42. The number of benzene rings is 2. The average Bonchev–Trinajstić information content (AvgIpc) is 3.02. The van der Waals surface area contributed by atoms with E-state index in [1.807, 2.05) is 6.07 Å². The van der Waals surface area contributed by atoms with Crippen LogP contribution >= 0.6 is 11.6 Å². The van der Waals surface area contributed by atoms with Gasteiger partial charge in [-0.15, -0.1) is 0 Å². The Hall–Kier alpha value is -2.79. The number of hydrogen-bond donors (Lipinski definition) is 1. The fraction of sp³-hybridized carbons (Fsp3) is 0.111. The highest BCUT2D eigenvalue weighted by molar-refractivity contribution is 6.43. The first kappa shape index (κ1) is 16.1. The lowest BCUT2D eigenvalue weighted by Gasteiger charge is -2.08. The van der Waals surface area contributed by atoms with Gasteiger partial charge in [0.25, 0.3) is 5.78 Å². The van der Waals surface area contributed by atoms with Crippen LogP contribution in [0.3, 0.4) is 0 Å². The molecule has 0 saturated heterocycles. The largest absolute Gasteiger partial charge is 0.496 e. The summed E-state index contributed by atoms with van der Waals surface area (Å²) in [4.78, 5) is 27.4. The second-order valence-electron chi connectivity index (χ2n) is 5.11. The molecule has 0 aliphatic heterocycles. The molecule has 0 atom stereocenters. The van der Waals surface area contributed by atoms with Crippen LogP contribution in [0, 0.1) is 0 Å². The van der Waals surface area contributed by atoms with Crippen molar-refractivity contribution in [3.8, 4) is 5.75 Å². The normalized spacial score (nSPS) is 10.6. The van der Waals surface area contributed by atoms with Crippen molar-refractivity contribution in [3.05, 3.63) is 64.8 Å². The van der Waals surface area contributed by atoms with E-state index < -0.39 is 11.8 Å². The first-order valence-corrected chi connectivity index (χ1v) is 7.58. The Morgan fingerprint density at radius 1 is 1.17 bits per heavy atom. The number of methoxy groups -OCH3 is 1. The number of esters is 1. The third-order valence-electron chi connectivity index (χ3n) is 3.63. The summed E-state index contributed by atoms with van der Waals surface area (Å²) >= 11 is 5.95. The van der Waals surface area contributed by atoms with Gasteiger partial charge < -0.3 is 14.5 Å². The maximum absolute atomic E-state index is 12.3. The Kier molecular flexibility index (Phi) is 4.53. The van der Waals surface area contributed by atoms with E-state index in [-0.39, 0.29) is 12.2 Å². The molecular weight excluding hydrogens is 330 g/mol. The molecule has 0 bridgehead atoms. The topological polar surface area (TPSA) is 68.4 Å². The minimum atomic E-state index is -0.929. The zero-order valence-corrected chi connectivity index (χ0v) is 13.6. The number of carbonyl (C=O) groups is 2. The number of aromatic nitrogens is 1. The van der Waals surface area contributed by atoms with E-state index in [2.05, 4.69) is 4.98 Å². The van der Waals surface area contributed by atoms with E-state index >= 15 is 0 Å². The van der Waals surface area contributed by atoms with Crippen LogP contribution < -0.4 is 4.74 Å². The number of carbonyl (C=O) groups excluding carboxylic acids is 2. The standard InChI is InChI=1S/C18H14ClNO4/c1-23-16-5-3-2-4-11(16)10-24-18(22)17(21)14-9-20-15-7-6-12(19)8-13(14)15/h2-9,20H,10H2,1H3. The zero-order chi connectivity index (χ0) is 17.1. The molecule has 1 aromatic heterocycles. The van der Waals surface area contributed by atoms with Gasteiger partial charge in [-0.25, -0.2) is 4.79 Å². The number of H-pyrrole nitrogens is 1. The first-order valence-electron chi connectivity index (χ1n) is 7.20. The van der Waals surface area contributed by atoms with Crippen molar-refractivity contribution in [2.24, 2.45) is 0 Å². The van der Waals surface area contributed by atoms with Crippen LogP contribution in [0.25, 0.3) is 10.9 Å². The van der Waals surface area contributed by atoms with Crippen molar-refractivity contribution in [2.75, 3.05) is 7.11 Å². The molecule has 0 aliphatic carbocycles. The van der Waals surface area contributed by atoms with Crippen LogP contribution in [0.4, 0.5) is 0 Å². The molecule has 3 aromatic rings. The van der Waals surface area contributed by atoms with Gasteiger partial charge in [-0.2, -0.15) is 0 Å². The maximum atomic E-state index is 12.3. The highest BCUT2D eigenvalue weighted by atomic mass is 35.5. The minimum Gasteiger partial charge on any atom is -0.496 e. The molecule has 0 aliphatic rings. The predicted molar refractivity (Wildman–Crippen MR) is 90.4 cm³/mol. The lowest BCUT2D eigenvalue weighted by atomic mass is 10.1. The highest BCUT2D eigenvalue weighted by Gasteiger charge is 2.22. The predicted octanol–water partition coefficient (Wildman–Crippen LogP) is 3.76. The minimum absolute atomic E-state index is 0.0440. The fourth-order valence-corrected chi connectivity index (χ4v) is 2.59. The van der Waals surface area contributed by atoms with Crippen LogP contribution in [0.1, 0.15) is 15.9 Å². The Labute approximate surface area is 143 Å². The van der Waals surface area contributed by atoms with Gasteiger partial charge >= 0.3 is 5.97 Å². The molecule has 24 heavy (non-hydrogen) atoms. The lowest BCUT2D eigenvalue weighted by Crippen LogP contribution is -2.17. The first-order chi connectivity index (χ1) is 11.6. The SMILES string of the molecule is COc1ccccc1COC(=O)C(=O)c1c[nH]c2ccc(Cl)cc12. The van der Waals surface area contributed by atoms with Gasteiger partial charge in [-0.3, -0.25) is 4.79 Å². The molecule has 2 aromatic carbocycles. The number of halogens is 1. The molecule has 0 unspecified atom stereocenters. The molecule has 0 amide bonds. The number of rotatable bonds is 5. The van der Waals surface area contributed by atoms with E-state index in [0.29, 0.717) is 21.7 Å². The van der Waals surface area contributed by atoms with Gasteiger partial charge in [0.15, 0.2) is 0 Å². The Morgan fingerprint density at radius 2 is 1.96 bits per heavy atom. The summed E-state index contributed by atoms with van der Waals surface area (Å²) < 4.78 is 10.3. The number of nitrogens with one attached hydrogen (secondary N) is 1. The van der Waals surface area contributed by atoms with E-state index in [1.54, 1.807) is 36.4 Å². The third-order valence-corrected chi connectivity index (χ3v) is 3.86. The highest BCUT2D eigenvalue weighted by Crippen LogP contribution is 2.23. The number of hydrogen-bond acceptors (Lipinski definition) is 4. The zero-order valence-electron chi connectivity index (χ0n) is 12.8. The van der Waals surface area contributed by atoms with Crippen molar-refractivity contribution in [2.45, 2.75) is 6.61 Å². The number of fused-ring (bicyclic) bond motifs is 1. The summed E-state index contributed by atoms with van der Waals surface area (Å²) in [6, 6.07) is 12.2. The van der Waals surface area contributed by atoms with Gasteiger partial charge in [0.2, 0.25) is 0 Å². The Morgan fingerprint density at radius 3 is 2.75 bits per heavy atom. The molecular formula is C18H14ClNO4. The molecule has 0 saturated carbocycles. The molecule has 122 valence electrons. The Bertz CT molecular complexity index is 916. The van der Waals surface area contributed by atoms with Crippen LogP contribution in [-0.2, 0) is 16.1 Å². The number of ketones is 1. The van der Waals surface area contributed by atoms with Crippen LogP contribution in [0.2, 0.25) is 5.02 Å². The average molecular weight is 344 g/mol. The van der Waals surface area contributed by atoms with Gasteiger partial charge in [0.1, 0.15) is 12.4 Å². The van der Waals surface area contributed by atoms with Crippen molar-refractivity contribution >= 4 is 34.3 Å². The summed E-state index contributed by atoms with van der Waals surface area (Å²) in [6.07, 6.45) is 1.48.